The van der Waals surface area contributed by atoms with Gasteiger partial charge < -0.3 is 22.3 Å². The molecule has 57 heavy (non-hydrogen) atoms. The Labute approximate surface area is 346 Å². The summed E-state index contributed by atoms with van der Waals surface area (Å²) >= 11 is 0. The summed E-state index contributed by atoms with van der Waals surface area (Å²) in [6, 6.07) is 25.1. The van der Waals surface area contributed by atoms with E-state index in [2.05, 4.69) is 35.4 Å². The van der Waals surface area contributed by atoms with E-state index >= 15 is 0 Å². The van der Waals surface area contributed by atoms with Gasteiger partial charge in [0.1, 0.15) is 26.9 Å². The maximum atomic E-state index is 13.1. The Morgan fingerprint density at radius 1 is 0.561 bits per heavy atom. The predicted molar refractivity (Wildman–Crippen MR) is 213 cm³/mol. The molecule has 0 unspecified atom stereocenters. The molecule has 0 aromatic heterocycles. The Balaban J connectivity index is 0.00000620. The molecular formula is C34H28N10NaO9S3. The molecule has 0 saturated heterocycles. The minimum absolute atomic E-state index is 0. The second-order valence-electron chi connectivity index (χ2n) is 11.7. The number of anilines is 4. The van der Waals surface area contributed by atoms with Crippen LogP contribution in [0.25, 0.3) is 10.8 Å². The number of nitrogens with zero attached hydrogens (tertiary/aromatic N) is 6. The van der Waals surface area contributed by atoms with Gasteiger partial charge in [0.2, 0.25) is 0 Å². The minimum atomic E-state index is -5.11. The Morgan fingerprint density at radius 3 is 1.63 bits per heavy atom. The second kappa shape index (κ2) is 16.7. The fourth-order valence-corrected chi connectivity index (χ4v) is 7.48. The summed E-state index contributed by atoms with van der Waals surface area (Å²) in [6.45, 7) is 0. The van der Waals surface area contributed by atoms with Gasteiger partial charge in [-0.3, -0.25) is 13.8 Å². The molecule has 0 heterocycles. The van der Waals surface area contributed by atoms with Crippen LogP contribution in [0.2, 0.25) is 0 Å². The molecule has 6 aromatic carbocycles. The zero-order valence-corrected chi connectivity index (χ0v) is 33.8. The number of aromatic hydroxyl groups is 1. The van der Waals surface area contributed by atoms with Gasteiger partial charge in [0.05, 0.1) is 38.7 Å². The van der Waals surface area contributed by atoms with Gasteiger partial charge in [-0.25, -0.2) is 8.42 Å². The van der Waals surface area contributed by atoms with Crippen molar-refractivity contribution in [1.29, 1.82) is 0 Å². The first-order valence-corrected chi connectivity index (χ1v) is 20.0. The number of sulfonamides is 1. The van der Waals surface area contributed by atoms with Crippen LogP contribution in [0.4, 0.5) is 56.9 Å². The molecule has 0 aliphatic carbocycles. The van der Waals surface area contributed by atoms with Crippen LogP contribution in [0.3, 0.4) is 0 Å². The van der Waals surface area contributed by atoms with E-state index in [0.717, 1.165) is 12.1 Å². The summed E-state index contributed by atoms with van der Waals surface area (Å²) in [6.07, 6.45) is 0. The maximum absolute atomic E-state index is 13.1. The van der Waals surface area contributed by atoms with Crippen LogP contribution in [0.1, 0.15) is 0 Å². The number of phenolic OH excluding ortho intramolecular Hbond substituents is 1. The molecule has 287 valence electrons. The molecule has 0 aliphatic heterocycles. The molecule has 10 N–H and O–H groups in total. The van der Waals surface area contributed by atoms with Crippen molar-refractivity contribution >= 4 is 127 Å². The van der Waals surface area contributed by atoms with Crippen molar-refractivity contribution in [3.8, 4) is 5.75 Å². The summed E-state index contributed by atoms with van der Waals surface area (Å²) in [4.78, 5) is -1.95. The van der Waals surface area contributed by atoms with E-state index in [1.165, 1.54) is 66.7 Å². The number of nitrogen functional groups attached to an aromatic ring is 3. The van der Waals surface area contributed by atoms with Crippen LogP contribution < -0.4 is 21.9 Å². The summed E-state index contributed by atoms with van der Waals surface area (Å²) in [5.74, 6) is -0.912. The largest absolute Gasteiger partial charge is 0.505 e. The van der Waals surface area contributed by atoms with Crippen molar-refractivity contribution in [2.75, 3.05) is 21.9 Å². The number of benzene rings is 6. The average molecular weight is 840 g/mol. The first kappa shape index (κ1) is 42.3. The van der Waals surface area contributed by atoms with Crippen LogP contribution in [-0.2, 0) is 30.3 Å². The van der Waals surface area contributed by atoms with E-state index in [-0.39, 0.29) is 62.3 Å². The molecule has 0 saturated carbocycles. The van der Waals surface area contributed by atoms with E-state index < -0.39 is 62.9 Å². The number of hydrogen-bond acceptors (Lipinski definition) is 16. The Hall–Kier alpha value is -5.85. The first-order valence-electron chi connectivity index (χ1n) is 15.7. The topological polar surface area (TPSA) is 327 Å². The van der Waals surface area contributed by atoms with Crippen molar-refractivity contribution < 1.29 is 39.5 Å². The van der Waals surface area contributed by atoms with Crippen molar-refractivity contribution in [1.82, 2.24) is 0 Å². The quantitative estimate of drug-likeness (QED) is 0.0289. The molecular weight excluding hydrogens is 812 g/mol. The van der Waals surface area contributed by atoms with Crippen LogP contribution in [0, 0.1) is 0 Å². The van der Waals surface area contributed by atoms with Gasteiger partial charge in [0.15, 0.2) is 5.75 Å². The molecule has 6 rings (SSSR count). The number of fused-ring (bicyclic) bond motifs is 1. The molecule has 23 heteroatoms. The molecule has 19 nitrogen and oxygen atoms in total. The monoisotopic (exact) mass is 839 g/mol. The number of hydrogen-bond donors (Lipinski definition) is 7. The zero-order valence-electron chi connectivity index (χ0n) is 29.3. The summed E-state index contributed by atoms with van der Waals surface area (Å²) < 4.78 is 97.9. The van der Waals surface area contributed by atoms with E-state index in [9.17, 15) is 39.5 Å². The van der Waals surface area contributed by atoms with Crippen LogP contribution >= 0.6 is 0 Å². The molecule has 0 atom stereocenters. The predicted octanol–water partition coefficient (Wildman–Crippen LogP) is 7.45. The Bertz CT molecular complexity index is 2940. The van der Waals surface area contributed by atoms with Gasteiger partial charge in [-0.15, -0.1) is 15.3 Å². The Morgan fingerprint density at radius 2 is 1.07 bits per heavy atom. The molecule has 0 spiro atoms. The van der Waals surface area contributed by atoms with E-state index in [0.29, 0.717) is 22.7 Å². The number of phenols is 1. The number of azo groups is 3. The molecule has 0 fully saturated rings. The van der Waals surface area contributed by atoms with E-state index in [1.807, 2.05) is 0 Å². The van der Waals surface area contributed by atoms with Crippen LogP contribution in [-0.4, -0.2) is 69.0 Å². The van der Waals surface area contributed by atoms with Crippen LogP contribution in [0.5, 0.6) is 5.75 Å². The van der Waals surface area contributed by atoms with E-state index in [4.69, 9.17) is 17.2 Å². The van der Waals surface area contributed by atoms with Crippen molar-refractivity contribution in [2.24, 2.45) is 30.7 Å². The average Bonchev–Trinajstić information content (AvgIpc) is 3.13. The van der Waals surface area contributed by atoms with Crippen molar-refractivity contribution in [3.05, 3.63) is 109 Å². The molecule has 0 aliphatic rings. The third kappa shape index (κ3) is 9.76. The SMILES string of the molecule is Nc1ccc(N=Nc2ccc(S(=O)(=O)Nc3ccc(N=Nc4c(S(=O)(=O)O)cc5cc(S(=O)(=O)O)c(N=Nc6ccccc6)c(O)c5c4N)cc3)cc2)c(N)c1.[Na]. The van der Waals surface area contributed by atoms with Crippen molar-refractivity contribution in [2.45, 2.75) is 14.7 Å². The first-order chi connectivity index (χ1) is 26.4. The van der Waals surface area contributed by atoms with Gasteiger partial charge in [-0.1, -0.05) is 18.2 Å². The summed E-state index contributed by atoms with van der Waals surface area (Å²) in [5, 5.41) is 34.2. The van der Waals surface area contributed by atoms with Gasteiger partial charge in [-0.05, 0) is 96.4 Å². The number of nitrogens with one attached hydrogen (secondary N) is 1. The zero-order chi connectivity index (χ0) is 40.4. The third-order valence-corrected chi connectivity index (χ3v) is 10.9. The normalized spacial score (nSPS) is 12.4. The van der Waals surface area contributed by atoms with Gasteiger partial charge in [-0.2, -0.15) is 32.2 Å². The second-order valence-corrected chi connectivity index (χ2v) is 16.1. The van der Waals surface area contributed by atoms with Gasteiger partial charge in [0, 0.05) is 40.9 Å². The molecule has 1 radical (unpaired) electrons. The standard InChI is InChI=1S/C34H28N10O9S3.Na/c35-20-6-15-27(26(36)18-20)41-38-23-11-13-25(14-12-23)54(46,47)44-24-9-7-22(8-10-24)40-42-32-28(55(48,49)50)16-19-17-29(56(51,52)53)33(34(45)30(19)31(32)37)43-39-21-4-2-1-3-5-21;/h1-18,44-45H,35-37H2,(H,48,49,50)(H,51,52,53);. The fraction of sp³-hybridized carbons (Fsp3) is 0. The minimum Gasteiger partial charge on any atom is -0.505 e. The van der Waals surface area contributed by atoms with Gasteiger partial charge >= 0.3 is 0 Å². The fourth-order valence-electron chi connectivity index (χ4n) is 5.09. The Kier molecular flexibility index (Phi) is 12.4. The molecule has 0 amide bonds. The van der Waals surface area contributed by atoms with Crippen LogP contribution in [0.15, 0.2) is 155 Å². The smallest absolute Gasteiger partial charge is 0.296 e. The maximum Gasteiger partial charge on any atom is 0.296 e. The third-order valence-electron chi connectivity index (χ3n) is 7.75. The number of rotatable bonds is 11. The molecule has 6 aromatic rings. The summed E-state index contributed by atoms with van der Waals surface area (Å²) in [5.41, 5.74) is 17.8. The summed E-state index contributed by atoms with van der Waals surface area (Å²) in [7, 11) is -14.3. The molecule has 0 bridgehead atoms. The van der Waals surface area contributed by atoms with Crippen molar-refractivity contribution in [3.63, 3.8) is 0 Å². The van der Waals surface area contributed by atoms with E-state index in [1.54, 1.807) is 30.3 Å². The number of nitrogens with two attached hydrogens (primary N) is 3. The van der Waals surface area contributed by atoms with Gasteiger partial charge in [0.25, 0.3) is 30.3 Å².